The molecular weight excluding hydrogens is 423 g/mol. The van der Waals surface area contributed by atoms with E-state index in [2.05, 4.69) is 31.8 Å². The number of rotatable bonds is 5. The van der Waals surface area contributed by atoms with E-state index in [1.54, 1.807) is 12.1 Å². The van der Waals surface area contributed by atoms with Gasteiger partial charge in [-0.2, -0.15) is 0 Å². The zero-order chi connectivity index (χ0) is 21.7. The maximum Gasteiger partial charge on any atom is 0.382 e. The predicted molar refractivity (Wildman–Crippen MR) is 119 cm³/mol. The first-order valence-corrected chi connectivity index (χ1v) is 10.7. The number of hydrogen-bond donors (Lipinski definition) is 1. The van der Waals surface area contributed by atoms with Crippen LogP contribution in [-0.4, -0.2) is 24.0 Å². The third kappa shape index (κ3) is 5.92. The summed E-state index contributed by atoms with van der Waals surface area (Å²) in [5.41, 5.74) is 3.41. The van der Waals surface area contributed by atoms with Crippen molar-refractivity contribution in [2.24, 2.45) is 0 Å². The molecule has 1 aliphatic rings. The van der Waals surface area contributed by atoms with Gasteiger partial charge in [-0.05, 0) is 53.6 Å². The minimum absolute atomic E-state index is 0.189. The van der Waals surface area contributed by atoms with Gasteiger partial charge in [-0.15, -0.1) is 0 Å². The maximum atomic E-state index is 10.6. The molecule has 6 heteroatoms. The maximum absolute atomic E-state index is 10.6. The summed E-state index contributed by atoms with van der Waals surface area (Å²) in [7, 11) is 0. The Morgan fingerprint density at radius 1 is 1.23 bits per heavy atom. The van der Waals surface area contributed by atoms with Gasteiger partial charge in [0.05, 0.1) is 6.61 Å². The molecule has 1 saturated heterocycles. The Labute approximate surface area is 187 Å². The van der Waals surface area contributed by atoms with Crippen LogP contribution in [0.2, 0.25) is 10.0 Å². The van der Waals surface area contributed by atoms with Crippen LogP contribution < -0.4 is 4.74 Å². The van der Waals surface area contributed by atoms with Crippen LogP contribution in [-0.2, 0) is 16.0 Å². The Morgan fingerprint density at radius 2 is 1.97 bits per heavy atom. The lowest BCUT2D eigenvalue weighted by Gasteiger charge is -2.25. The number of carbonyl (C=O) groups is 1. The molecule has 1 heterocycles. The molecule has 0 spiro atoms. The van der Waals surface area contributed by atoms with Crippen molar-refractivity contribution in [3.05, 3.63) is 62.6 Å². The number of benzene rings is 2. The molecule has 0 aliphatic carbocycles. The molecule has 1 aliphatic heterocycles. The number of carboxylic acid groups (broad SMARTS) is 1. The molecule has 0 radical (unpaired) electrons. The minimum Gasteiger partial charge on any atom is -0.472 e. The second-order valence-electron chi connectivity index (χ2n) is 7.59. The average molecular weight is 447 g/mol. The highest BCUT2D eigenvalue weighted by Gasteiger charge is 2.19. The summed E-state index contributed by atoms with van der Waals surface area (Å²) in [5.74, 6) is 4.54. The molecule has 0 saturated carbocycles. The van der Waals surface area contributed by atoms with E-state index < -0.39 is 5.97 Å². The van der Waals surface area contributed by atoms with E-state index >= 15 is 0 Å². The molecule has 4 nitrogen and oxygen atoms in total. The van der Waals surface area contributed by atoms with E-state index in [0.29, 0.717) is 22.0 Å². The van der Waals surface area contributed by atoms with E-state index in [9.17, 15) is 4.79 Å². The van der Waals surface area contributed by atoms with Crippen molar-refractivity contribution in [1.82, 2.24) is 0 Å². The van der Waals surface area contributed by atoms with Crippen LogP contribution in [0.25, 0.3) is 0 Å². The average Bonchev–Trinajstić information content (AvgIpc) is 2.70. The van der Waals surface area contributed by atoms with Crippen LogP contribution in [0, 0.1) is 11.8 Å². The van der Waals surface area contributed by atoms with Crippen molar-refractivity contribution in [2.75, 3.05) is 6.61 Å². The SMILES string of the molecule is CC(C)c1cc(Cc2c(Cl)cc(C#CC(=O)O)cc2Cl)ccc1OC1CCCCO1. The van der Waals surface area contributed by atoms with Crippen LogP contribution in [0.5, 0.6) is 5.75 Å². The number of aliphatic carboxylic acids is 1. The lowest BCUT2D eigenvalue weighted by Crippen LogP contribution is -2.25. The lowest BCUT2D eigenvalue weighted by atomic mass is 9.96. The molecule has 1 unspecified atom stereocenters. The number of ether oxygens (including phenoxy) is 2. The van der Waals surface area contributed by atoms with Crippen molar-refractivity contribution in [2.45, 2.75) is 51.7 Å². The molecule has 1 atom stereocenters. The third-order valence-electron chi connectivity index (χ3n) is 4.93. The summed E-state index contributed by atoms with van der Waals surface area (Å²) < 4.78 is 11.8. The third-order valence-corrected chi connectivity index (χ3v) is 5.60. The van der Waals surface area contributed by atoms with Crippen LogP contribution >= 0.6 is 23.2 Å². The lowest BCUT2D eigenvalue weighted by molar-refractivity contribution is -0.130. The highest BCUT2D eigenvalue weighted by molar-refractivity contribution is 6.36. The zero-order valence-electron chi connectivity index (χ0n) is 17.0. The van der Waals surface area contributed by atoms with E-state index in [-0.39, 0.29) is 12.2 Å². The standard InChI is InChI=1S/C24H24Cl2O4/c1-15(2)18-11-16(6-8-22(18)30-24-5-3-4-10-29-24)12-19-20(25)13-17(14-21(19)26)7-9-23(27)28/h6,8,11,13-15,24H,3-5,10,12H2,1-2H3,(H,27,28). The van der Waals surface area contributed by atoms with E-state index in [4.69, 9.17) is 37.8 Å². The van der Waals surface area contributed by atoms with Gasteiger partial charge in [-0.1, -0.05) is 55.1 Å². The number of carboxylic acids is 1. The van der Waals surface area contributed by atoms with Crippen LogP contribution in [0.3, 0.4) is 0 Å². The summed E-state index contributed by atoms with van der Waals surface area (Å²) in [4.78, 5) is 10.6. The van der Waals surface area contributed by atoms with Gasteiger partial charge in [0.2, 0.25) is 0 Å². The molecule has 1 fully saturated rings. The molecular formula is C24H24Cl2O4. The topological polar surface area (TPSA) is 55.8 Å². The highest BCUT2D eigenvalue weighted by Crippen LogP contribution is 2.33. The fourth-order valence-electron chi connectivity index (χ4n) is 3.39. The Morgan fingerprint density at radius 3 is 2.57 bits per heavy atom. The van der Waals surface area contributed by atoms with E-state index in [1.807, 2.05) is 12.1 Å². The van der Waals surface area contributed by atoms with Crippen molar-refractivity contribution in [3.63, 3.8) is 0 Å². The molecule has 1 N–H and O–H groups in total. The van der Waals surface area contributed by atoms with Gasteiger partial charge in [0.15, 0.2) is 6.29 Å². The number of halogens is 2. The van der Waals surface area contributed by atoms with E-state index in [1.165, 1.54) is 0 Å². The van der Waals surface area contributed by atoms with Crippen molar-refractivity contribution < 1.29 is 19.4 Å². The second-order valence-corrected chi connectivity index (χ2v) is 8.41. The van der Waals surface area contributed by atoms with Gasteiger partial charge in [-0.25, -0.2) is 4.79 Å². The highest BCUT2D eigenvalue weighted by atomic mass is 35.5. The quantitative estimate of drug-likeness (QED) is 0.567. The van der Waals surface area contributed by atoms with Gasteiger partial charge in [-0.3, -0.25) is 0 Å². The Balaban J connectivity index is 1.83. The van der Waals surface area contributed by atoms with Gasteiger partial charge >= 0.3 is 5.97 Å². The molecule has 0 amide bonds. The van der Waals surface area contributed by atoms with Gasteiger partial charge in [0.1, 0.15) is 5.75 Å². The smallest absolute Gasteiger partial charge is 0.382 e. The normalized spacial score (nSPS) is 16.1. The molecule has 30 heavy (non-hydrogen) atoms. The Bertz CT molecular complexity index is 959. The minimum atomic E-state index is -1.20. The largest absolute Gasteiger partial charge is 0.472 e. The summed E-state index contributed by atoms with van der Waals surface area (Å²) in [6, 6.07) is 9.39. The summed E-state index contributed by atoms with van der Waals surface area (Å²) in [6.07, 6.45) is 3.46. The predicted octanol–water partition coefficient (Wildman–Crippen LogP) is 6.05. The molecule has 158 valence electrons. The van der Waals surface area contributed by atoms with Crippen LogP contribution in [0.1, 0.15) is 61.3 Å². The molecule has 0 aromatic heterocycles. The zero-order valence-corrected chi connectivity index (χ0v) is 18.5. The molecule has 3 rings (SSSR count). The molecule has 2 aromatic rings. The fourth-order valence-corrected chi connectivity index (χ4v) is 4.01. The van der Waals surface area contributed by atoms with Crippen molar-refractivity contribution in [3.8, 4) is 17.6 Å². The summed E-state index contributed by atoms with van der Waals surface area (Å²) in [6.45, 7) is 5.00. The van der Waals surface area contributed by atoms with Crippen LogP contribution in [0.15, 0.2) is 30.3 Å². The fraction of sp³-hybridized carbons (Fsp3) is 0.375. The van der Waals surface area contributed by atoms with Gasteiger partial charge < -0.3 is 14.6 Å². The Kier molecular flexibility index (Phi) is 7.66. The van der Waals surface area contributed by atoms with Crippen molar-refractivity contribution >= 4 is 29.2 Å². The first-order chi connectivity index (χ1) is 14.3. The van der Waals surface area contributed by atoms with Gasteiger partial charge in [0, 0.05) is 34.4 Å². The van der Waals surface area contributed by atoms with E-state index in [0.717, 1.165) is 48.3 Å². The van der Waals surface area contributed by atoms with Gasteiger partial charge in [0.25, 0.3) is 0 Å². The Hall–Kier alpha value is -2.19. The monoisotopic (exact) mass is 446 g/mol. The first-order valence-electron chi connectivity index (χ1n) is 9.97. The second kappa shape index (κ2) is 10.2. The summed E-state index contributed by atoms with van der Waals surface area (Å²) >= 11 is 12.8. The molecule has 0 bridgehead atoms. The summed E-state index contributed by atoms with van der Waals surface area (Å²) in [5, 5.41) is 9.62. The van der Waals surface area contributed by atoms with Crippen LogP contribution in [0.4, 0.5) is 0 Å². The van der Waals surface area contributed by atoms with Crippen molar-refractivity contribution in [1.29, 1.82) is 0 Å². The first kappa shape index (κ1) is 22.5. The molecule has 2 aromatic carbocycles. The number of hydrogen-bond acceptors (Lipinski definition) is 3.